The number of carboxylic acid groups (broad SMARTS) is 1. The number of nitrogens with two attached hydrogens (primary N) is 3. The molecular formula is C61H98ClN13O20. The van der Waals surface area contributed by atoms with Crippen LogP contribution in [0.5, 0.6) is 0 Å². The number of allylic oxidation sites excluding steroid dienone is 1. The minimum absolute atomic E-state index is 0.101. The van der Waals surface area contributed by atoms with Crippen molar-refractivity contribution in [1.82, 2.24) is 53.2 Å². The lowest BCUT2D eigenvalue weighted by atomic mass is 10.0. The highest BCUT2D eigenvalue weighted by Crippen LogP contribution is 2.15. The van der Waals surface area contributed by atoms with Gasteiger partial charge in [-0.25, -0.2) is 14.4 Å². The Morgan fingerprint density at radius 3 is 1.73 bits per heavy atom. The molecule has 0 saturated carbocycles. The van der Waals surface area contributed by atoms with Gasteiger partial charge in [0.2, 0.25) is 53.2 Å². The van der Waals surface area contributed by atoms with E-state index in [9.17, 15) is 87.9 Å². The fraction of sp³-hybridized carbons (Fsp3) is 0.656. The van der Waals surface area contributed by atoms with E-state index < -0.39 is 193 Å². The molecule has 10 amide bonds. The van der Waals surface area contributed by atoms with Crippen LogP contribution in [0.2, 0.25) is 0 Å². The van der Waals surface area contributed by atoms with E-state index >= 15 is 0 Å². The van der Waals surface area contributed by atoms with Crippen molar-refractivity contribution in [1.29, 1.82) is 0 Å². The molecule has 21 N–H and O–H groups in total. The fourth-order valence-electron chi connectivity index (χ4n) is 9.68. The van der Waals surface area contributed by atoms with Crippen LogP contribution in [-0.2, 0) is 78.2 Å². The predicted molar refractivity (Wildman–Crippen MR) is 342 cm³/mol. The minimum Gasteiger partial charge on any atom is -0.479 e. The largest absolute Gasteiger partial charge is 0.479 e. The number of nitrogens with one attached hydrogen (secondary N) is 10. The third kappa shape index (κ3) is 30.6. The average molecular weight is 1370 g/mol. The van der Waals surface area contributed by atoms with E-state index in [4.69, 9.17) is 38.3 Å². The van der Waals surface area contributed by atoms with Crippen molar-refractivity contribution in [3.8, 4) is 0 Å². The first-order valence-electron chi connectivity index (χ1n) is 31.8. The fourth-order valence-corrected chi connectivity index (χ4v) is 9.85. The smallest absolute Gasteiger partial charge is 0.335 e. The highest BCUT2D eigenvalue weighted by Gasteiger charge is 2.41. The van der Waals surface area contributed by atoms with Crippen LogP contribution < -0.4 is 70.4 Å². The number of benzene rings is 1. The Morgan fingerprint density at radius 1 is 0.653 bits per heavy atom. The third-order valence-corrected chi connectivity index (χ3v) is 15.4. The molecule has 1 aliphatic heterocycles. The van der Waals surface area contributed by atoms with Crippen molar-refractivity contribution >= 4 is 88.6 Å². The first kappa shape index (κ1) is 83.2. The van der Waals surface area contributed by atoms with Gasteiger partial charge in [-0.15, -0.1) is 11.6 Å². The molecule has 0 aromatic heterocycles. The molecule has 34 heteroatoms. The third-order valence-electron chi connectivity index (χ3n) is 15.1. The molecule has 1 fully saturated rings. The van der Waals surface area contributed by atoms with Crippen molar-refractivity contribution in [2.24, 2.45) is 17.2 Å². The number of hydrogen-bond donors (Lipinski definition) is 18. The SMILES string of the molecule is C/C=C1\NC(=O)[C@H]([C@@H](C)O)NC(=O)[C@H](CCN)NC(=O)[C@H](CCCCN)NC(=O)[C@H](CC(=O)N[C@@H](Cc2ccccc2)C(=O)OC)NC(=O)[C@@H](CCN)NC(=O)[C@@H](NC(=O)C[C@H](O)CCCCCCCCCCC)COC(=O)[C@H]([C@H](O)CCl)NC(=O)[C@H]([C@H](O)C(=O)O)NC1=O. The van der Waals surface area contributed by atoms with E-state index in [-0.39, 0.29) is 58.2 Å². The number of halogens is 1. The lowest BCUT2D eigenvalue weighted by molar-refractivity contribution is -0.155. The first-order chi connectivity index (χ1) is 45.2. The molecule has 534 valence electrons. The summed E-state index contributed by atoms with van der Waals surface area (Å²) in [6, 6.07) is -9.07. The van der Waals surface area contributed by atoms with Crippen LogP contribution in [0.1, 0.15) is 135 Å². The van der Waals surface area contributed by atoms with Crippen molar-refractivity contribution in [2.45, 2.75) is 215 Å². The van der Waals surface area contributed by atoms with Crippen LogP contribution in [-0.4, -0.2) is 221 Å². The van der Waals surface area contributed by atoms with Gasteiger partial charge in [0, 0.05) is 6.42 Å². The quantitative estimate of drug-likeness (QED) is 0.0140. The standard InChI is InChI=1S/C61H98ClN13O20/c1-5-7-8-9-10-11-12-13-17-22-36(77)30-45(79)67-43-33-95-61(93)48(44(78)32-62)74-58(89)49(50(81)59(90)91)75-51(82)37(6-2)68-57(88)47(34(3)76)73-54(85)40(25-28-65)70-52(83)38(23-18-19-26-63)69-55(86)41(72-53(84)39(24-27-64)71-56(43)87)31-46(80)66-42(60(92)94-4)29-35-20-15-14-16-21-35/h6,14-16,20-21,34,36,38-44,47-50,76-78,81H,5,7-13,17-19,22-33,63-65H2,1-4H3,(H,66,80)(H,67,79)(H,68,88)(H,69,86)(H,70,83)(H,71,87)(H,72,84)(H,73,85)(H,74,89)(H,75,82)(H,90,91)/b37-6-/t34-,36-,38+,39-,40+,41+,42+,43+,44-,47+,48+,49+,50+/m1/s1. The van der Waals surface area contributed by atoms with E-state index in [0.717, 1.165) is 71.5 Å². The van der Waals surface area contributed by atoms with Crippen LogP contribution in [0.4, 0.5) is 0 Å². The van der Waals surface area contributed by atoms with E-state index in [1.165, 1.54) is 6.92 Å². The molecule has 95 heavy (non-hydrogen) atoms. The van der Waals surface area contributed by atoms with Crippen LogP contribution in [0, 0.1) is 0 Å². The Morgan fingerprint density at radius 2 is 1.19 bits per heavy atom. The maximum absolute atomic E-state index is 14.7. The van der Waals surface area contributed by atoms with Crippen LogP contribution in [0.3, 0.4) is 0 Å². The van der Waals surface area contributed by atoms with E-state index in [2.05, 4.69) is 49.5 Å². The van der Waals surface area contributed by atoms with Crippen molar-refractivity contribution in [3.63, 3.8) is 0 Å². The number of ether oxygens (including phenoxy) is 2. The second kappa shape index (κ2) is 45.5. The highest BCUT2D eigenvalue weighted by molar-refractivity contribution is 6.18. The van der Waals surface area contributed by atoms with Crippen molar-refractivity contribution < 1.29 is 97.3 Å². The van der Waals surface area contributed by atoms with Crippen LogP contribution in [0.15, 0.2) is 42.1 Å². The summed E-state index contributed by atoms with van der Waals surface area (Å²) in [5, 5.41) is 75.9. The Labute approximate surface area is 556 Å². The molecule has 0 unspecified atom stereocenters. The molecule has 0 bridgehead atoms. The van der Waals surface area contributed by atoms with Crippen molar-refractivity contribution in [3.05, 3.63) is 47.7 Å². The van der Waals surface area contributed by atoms with E-state index in [1.807, 2.05) is 10.6 Å². The lowest BCUT2D eigenvalue weighted by Gasteiger charge is -2.29. The van der Waals surface area contributed by atoms with Gasteiger partial charge in [0.1, 0.15) is 60.6 Å². The molecule has 33 nitrogen and oxygen atoms in total. The molecule has 13 atom stereocenters. The number of cyclic esters (lactones) is 1. The van der Waals surface area contributed by atoms with Gasteiger partial charge in [0.25, 0.3) is 5.91 Å². The first-order valence-corrected chi connectivity index (χ1v) is 32.3. The van der Waals surface area contributed by atoms with Crippen LogP contribution in [0.25, 0.3) is 0 Å². The van der Waals surface area contributed by atoms with Gasteiger partial charge < -0.3 is 105 Å². The zero-order valence-electron chi connectivity index (χ0n) is 54.2. The van der Waals surface area contributed by atoms with E-state index in [0.29, 0.717) is 12.0 Å². The molecule has 1 aromatic rings. The molecular weight excluding hydrogens is 1270 g/mol. The Kier molecular flexibility index (Phi) is 39.8. The number of unbranched alkanes of at least 4 members (excludes halogenated alkanes) is 9. The summed E-state index contributed by atoms with van der Waals surface area (Å²) in [5.41, 5.74) is 17.3. The molecule has 0 aliphatic carbocycles. The lowest BCUT2D eigenvalue weighted by Crippen LogP contribution is -2.62. The Hall–Kier alpha value is -7.92. The summed E-state index contributed by atoms with van der Waals surface area (Å²) in [6.45, 7) is 2.53. The number of aliphatic hydroxyl groups excluding tert-OH is 4. The number of aliphatic hydroxyl groups is 4. The summed E-state index contributed by atoms with van der Waals surface area (Å²) >= 11 is 5.92. The number of carbonyl (C=O) groups is 13. The van der Waals surface area contributed by atoms with Gasteiger partial charge in [-0.3, -0.25) is 47.9 Å². The number of aliphatic carboxylic acids is 1. The number of esters is 2. The molecule has 2 rings (SSSR count). The summed E-state index contributed by atoms with van der Waals surface area (Å²) in [6.07, 6.45) is -0.691. The number of carbonyl (C=O) groups excluding carboxylic acids is 12. The van der Waals surface area contributed by atoms with Gasteiger partial charge in [0.15, 0.2) is 12.1 Å². The molecule has 1 aliphatic rings. The zero-order valence-corrected chi connectivity index (χ0v) is 55.0. The summed E-state index contributed by atoms with van der Waals surface area (Å²) in [4.78, 5) is 181. The van der Waals surface area contributed by atoms with Gasteiger partial charge in [-0.05, 0) is 77.6 Å². The normalized spacial score (nSPS) is 23.1. The maximum Gasteiger partial charge on any atom is 0.335 e. The Balaban J connectivity index is 2.91. The van der Waals surface area contributed by atoms with Gasteiger partial charge >= 0.3 is 17.9 Å². The predicted octanol–water partition coefficient (Wildman–Crippen LogP) is -4.34. The number of alkyl halides is 1. The second-order valence-corrected chi connectivity index (χ2v) is 23.1. The minimum atomic E-state index is -2.85. The number of hydrogen-bond acceptors (Lipinski definition) is 22. The molecule has 1 aromatic carbocycles. The Bertz CT molecular complexity index is 2710. The zero-order chi connectivity index (χ0) is 71.2. The maximum atomic E-state index is 14.7. The summed E-state index contributed by atoms with van der Waals surface area (Å²) < 4.78 is 10.3. The van der Waals surface area contributed by atoms with E-state index in [1.54, 1.807) is 30.3 Å². The van der Waals surface area contributed by atoms with Crippen LogP contribution >= 0.6 is 11.6 Å². The average Bonchev–Trinajstić information content (AvgIpc) is 1.03. The molecule has 1 saturated heterocycles. The van der Waals surface area contributed by atoms with Gasteiger partial charge in [-0.1, -0.05) is 101 Å². The monoisotopic (exact) mass is 1370 g/mol. The van der Waals surface area contributed by atoms with Gasteiger partial charge in [-0.2, -0.15) is 0 Å². The second-order valence-electron chi connectivity index (χ2n) is 22.8. The number of methoxy groups -OCH3 is 1. The number of carboxylic acids is 1. The number of amides is 10. The number of rotatable bonds is 32. The molecule has 1 heterocycles. The summed E-state index contributed by atoms with van der Waals surface area (Å²) in [7, 11) is 1.06. The molecule has 0 spiro atoms. The highest BCUT2D eigenvalue weighted by atomic mass is 35.5. The summed E-state index contributed by atoms with van der Waals surface area (Å²) in [5.74, 6) is -18.2. The topological polar surface area (TPSA) is 540 Å². The van der Waals surface area contributed by atoms with Crippen molar-refractivity contribution in [2.75, 3.05) is 39.2 Å². The van der Waals surface area contributed by atoms with Gasteiger partial charge in [0.05, 0.1) is 44.1 Å². The molecule has 0 radical (unpaired) electrons.